The van der Waals surface area contributed by atoms with Crippen LogP contribution in [0, 0.1) is 5.92 Å². The van der Waals surface area contributed by atoms with Crippen LogP contribution in [0.4, 0.5) is 5.69 Å². The second-order valence-corrected chi connectivity index (χ2v) is 8.18. The molecule has 2 saturated heterocycles. The highest BCUT2D eigenvalue weighted by Gasteiger charge is 2.33. The zero-order chi connectivity index (χ0) is 16.4. The molecule has 0 aliphatic carbocycles. The van der Waals surface area contributed by atoms with Gasteiger partial charge in [0.15, 0.2) is 0 Å². The molecule has 6 nitrogen and oxygen atoms in total. The lowest BCUT2D eigenvalue weighted by Crippen LogP contribution is -2.29. The van der Waals surface area contributed by atoms with Crippen LogP contribution in [0.15, 0.2) is 24.3 Å². The van der Waals surface area contributed by atoms with E-state index >= 15 is 0 Å². The summed E-state index contributed by atoms with van der Waals surface area (Å²) in [7, 11) is -3.55. The number of para-hydroxylation sites is 1. The van der Waals surface area contributed by atoms with Crippen molar-refractivity contribution >= 4 is 21.6 Å². The van der Waals surface area contributed by atoms with E-state index in [0.717, 1.165) is 30.9 Å². The minimum atomic E-state index is -3.55. The van der Waals surface area contributed by atoms with Gasteiger partial charge in [-0.05, 0) is 37.6 Å². The van der Waals surface area contributed by atoms with Crippen LogP contribution >= 0.6 is 0 Å². The smallest absolute Gasteiger partial charge is 0.227 e. The lowest BCUT2D eigenvalue weighted by Gasteiger charge is -2.23. The lowest BCUT2D eigenvalue weighted by atomic mass is 10.1. The van der Waals surface area contributed by atoms with Crippen molar-refractivity contribution in [1.29, 1.82) is 0 Å². The van der Waals surface area contributed by atoms with E-state index in [2.05, 4.69) is 4.90 Å². The molecule has 1 amide bonds. The molecule has 23 heavy (non-hydrogen) atoms. The molecule has 2 heterocycles. The normalized spacial score (nSPS) is 22.9. The maximum atomic E-state index is 12.3. The molecular formula is C16H23N3O3S. The van der Waals surface area contributed by atoms with Crippen molar-refractivity contribution in [1.82, 2.24) is 4.90 Å². The zero-order valence-corrected chi connectivity index (χ0v) is 14.0. The number of benzene rings is 1. The minimum absolute atomic E-state index is 0.0208. The van der Waals surface area contributed by atoms with E-state index in [1.165, 1.54) is 12.8 Å². The summed E-state index contributed by atoms with van der Waals surface area (Å²) in [6, 6.07) is 7.90. The topological polar surface area (TPSA) is 83.7 Å². The van der Waals surface area contributed by atoms with Crippen LogP contribution in [-0.2, 0) is 21.4 Å². The number of nitrogens with zero attached hydrogens (tertiary/aromatic N) is 2. The highest BCUT2D eigenvalue weighted by Crippen LogP contribution is 2.30. The van der Waals surface area contributed by atoms with Gasteiger partial charge in [0.25, 0.3) is 0 Å². The van der Waals surface area contributed by atoms with Crippen LogP contribution in [0.2, 0.25) is 0 Å². The van der Waals surface area contributed by atoms with Gasteiger partial charge in [0.1, 0.15) is 0 Å². The van der Waals surface area contributed by atoms with E-state index in [1.807, 2.05) is 24.3 Å². The molecule has 0 spiro atoms. The molecule has 126 valence electrons. The van der Waals surface area contributed by atoms with Crippen molar-refractivity contribution in [2.75, 3.05) is 30.3 Å². The Balaban J connectivity index is 1.77. The Labute approximate surface area is 137 Å². The number of rotatable bonds is 5. The summed E-state index contributed by atoms with van der Waals surface area (Å²) in [6.07, 6.45) is 2.69. The third-order valence-electron chi connectivity index (χ3n) is 4.55. The van der Waals surface area contributed by atoms with Gasteiger partial charge in [0.2, 0.25) is 15.9 Å². The summed E-state index contributed by atoms with van der Waals surface area (Å²) in [4.78, 5) is 16.5. The molecule has 1 aromatic carbocycles. The molecule has 3 rings (SSSR count). The van der Waals surface area contributed by atoms with E-state index < -0.39 is 10.0 Å². The number of primary sulfonamides is 1. The quantitative estimate of drug-likeness (QED) is 0.866. The Morgan fingerprint density at radius 2 is 1.87 bits per heavy atom. The van der Waals surface area contributed by atoms with Crippen molar-refractivity contribution in [3.8, 4) is 0 Å². The van der Waals surface area contributed by atoms with E-state index in [-0.39, 0.29) is 24.0 Å². The Hall–Kier alpha value is -1.44. The van der Waals surface area contributed by atoms with Gasteiger partial charge in [-0.25, -0.2) is 13.6 Å². The molecule has 1 aromatic rings. The molecule has 7 heteroatoms. The summed E-state index contributed by atoms with van der Waals surface area (Å²) in [5, 5.41) is 5.12. The summed E-state index contributed by atoms with van der Waals surface area (Å²) in [5.41, 5.74) is 2.03. The highest BCUT2D eigenvalue weighted by atomic mass is 32.2. The Bertz CT molecular complexity index is 684. The summed E-state index contributed by atoms with van der Waals surface area (Å²) in [6.45, 7) is 3.44. The van der Waals surface area contributed by atoms with Gasteiger partial charge in [-0.15, -0.1) is 0 Å². The van der Waals surface area contributed by atoms with Crippen molar-refractivity contribution in [2.24, 2.45) is 11.1 Å². The monoisotopic (exact) mass is 337 g/mol. The van der Waals surface area contributed by atoms with Crippen LogP contribution in [0.1, 0.15) is 24.8 Å². The van der Waals surface area contributed by atoms with Gasteiger partial charge in [0.05, 0.1) is 5.75 Å². The Morgan fingerprint density at radius 1 is 1.17 bits per heavy atom. The molecule has 0 radical (unpaired) electrons. The van der Waals surface area contributed by atoms with Gasteiger partial charge in [-0.2, -0.15) is 0 Å². The fourth-order valence-electron chi connectivity index (χ4n) is 3.54. The molecule has 2 aliphatic heterocycles. The number of sulfonamides is 1. The predicted octanol–water partition coefficient (Wildman–Crippen LogP) is 0.924. The summed E-state index contributed by atoms with van der Waals surface area (Å²) >= 11 is 0. The summed E-state index contributed by atoms with van der Waals surface area (Å²) in [5.74, 6) is -0.381. The van der Waals surface area contributed by atoms with Crippen LogP contribution < -0.4 is 10.0 Å². The molecule has 2 aliphatic rings. The standard InChI is InChI=1S/C16H23N3O3S/c17-23(21,22)12-13-9-16(20)19(10-13)15-6-2-1-5-14(15)11-18-7-3-4-8-18/h1-2,5-6,13H,3-4,7-12H2,(H2,17,21,22). The summed E-state index contributed by atoms with van der Waals surface area (Å²) < 4.78 is 22.6. The molecule has 0 saturated carbocycles. The first-order chi connectivity index (χ1) is 10.9. The Kier molecular flexibility index (Phi) is 4.70. The first-order valence-corrected chi connectivity index (χ1v) is 9.75. The third kappa shape index (κ3) is 4.10. The van der Waals surface area contributed by atoms with Gasteiger partial charge < -0.3 is 4.90 Å². The molecule has 2 fully saturated rings. The van der Waals surface area contributed by atoms with Gasteiger partial charge in [-0.1, -0.05) is 18.2 Å². The lowest BCUT2D eigenvalue weighted by molar-refractivity contribution is -0.117. The van der Waals surface area contributed by atoms with E-state index in [4.69, 9.17) is 5.14 Å². The van der Waals surface area contributed by atoms with Crippen molar-refractivity contribution < 1.29 is 13.2 Å². The van der Waals surface area contributed by atoms with Crippen molar-refractivity contribution in [2.45, 2.75) is 25.8 Å². The fraction of sp³-hybridized carbons (Fsp3) is 0.562. The van der Waals surface area contributed by atoms with Crippen LogP contribution in [0.5, 0.6) is 0 Å². The number of nitrogens with two attached hydrogens (primary N) is 1. The SMILES string of the molecule is NS(=O)(=O)CC1CC(=O)N(c2ccccc2CN2CCCC2)C1. The molecule has 2 N–H and O–H groups in total. The number of hydrogen-bond donors (Lipinski definition) is 1. The minimum Gasteiger partial charge on any atom is -0.312 e. The number of anilines is 1. The molecule has 0 bridgehead atoms. The maximum Gasteiger partial charge on any atom is 0.227 e. The molecule has 1 unspecified atom stereocenters. The largest absolute Gasteiger partial charge is 0.312 e. The first kappa shape index (κ1) is 16.4. The maximum absolute atomic E-state index is 12.3. The van der Waals surface area contributed by atoms with Crippen molar-refractivity contribution in [3.63, 3.8) is 0 Å². The van der Waals surface area contributed by atoms with Gasteiger partial charge in [0, 0.05) is 31.1 Å². The van der Waals surface area contributed by atoms with Crippen molar-refractivity contribution in [3.05, 3.63) is 29.8 Å². The fourth-order valence-corrected chi connectivity index (χ4v) is 4.42. The molecule has 0 aromatic heterocycles. The predicted molar refractivity (Wildman–Crippen MR) is 89.4 cm³/mol. The second-order valence-electron chi connectivity index (χ2n) is 6.52. The Morgan fingerprint density at radius 3 is 2.57 bits per heavy atom. The average molecular weight is 337 g/mol. The molecule has 1 atom stereocenters. The van der Waals surface area contributed by atoms with Gasteiger partial charge in [-0.3, -0.25) is 9.69 Å². The average Bonchev–Trinajstić information content (AvgIpc) is 3.08. The second kappa shape index (κ2) is 6.59. The van der Waals surface area contributed by atoms with Crippen LogP contribution in [-0.4, -0.2) is 44.6 Å². The van der Waals surface area contributed by atoms with Gasteiger partial charge >= 0.3 is 0 Å². The third-order valence-corrected chi connectivity index (χ3v) is 5.48. The zero-order valence-electron chi connectivity index (χ0n) is 13.1. The van der Waals surface area contributed by atoms with E-state index in [0.29, 0.717) is 6.54 Å². The van der Waals surface area contributed by atoms with Crippen LogP contribution in [0.25, 0.3) is 0 Å². The number of hydrogen-bond acceptors (Lipinski definition) is 4. The number of likely N-dealkylation sites (tertiary alicyclic amines) is 1. The number of amides is 1. The van der Waals surface area contributed by atoms with E-state index in [9.17, 15) is 13.2 Å². The van der Waals surface area contributed by atoms with Crippen LogP contribution in [0.3, 0.4) is 0 Å². The number of carbonyl (C=O) groups is 1. The highest BCUT2D eigenvalue weighted by molar-refractivity contribution is 7.89. The molecular weight excluding hydrogens is 314 g/mol. The first-order valence-electron chi connectivity index (χ1n) is 8.03. The number of carbonyl (C=O) groups excluding carboxylic acids is 1. The van der Waals surface area contributed by atoms with E-state index in [1.54, 1.807) is 4.90 Å².